The maximum absolute atomic E-state index is 13.4. The van der Waals surface area contributed by atoms with Crippen LogP contribution in [0.5, 0.6) is 0 Å². The van der Waals surface area contributed by atoms with Crippen molar-refractivity contribution in [2.45, 2.75) is 18.9 Å². The first kappa shape index (κ1) is 21.4. The maximum Gasteiger partial charge on any atom is 0.303 e. The van der Waals surface area contributed by atoms with Gasteiger partial charge in [-0.25, -0.2) is 4.39 Å². The zero-order chi connectivity index (χ0) is 18.4. The molecule has 0 aromatic heterocycles. The minimum atomic E-state index is -0.474. The van der Waals surface area contributed by atoms with Crippen molar-refractivity contribution in [1.82, 2.24) is 4.90 Å². The molecule has 0 bridgehead atoms. The Hall–Kier alpha value is -1.95. The number of ether oxygens (including phenoxy) is 2. The molecule has 2 unspecified atom stereocenters. The summed E-state index contributed by atoms with van der Waals surface area (Å²) in [4.78, 5) is 14.1. The van der Waals surface area contributed by atoms with E-state index in [4.69, 9.17) is 9.47 Å². The molecule has 0 aliphatic carbocycles. The number of hydrogen-bond acceptors (Lipinski definition) is 4. The Balaban J connectivity index is 0.00000261. The van der Waals surface area contributed by atoms with E-state index in [9.17, 15) is 9.18 Å². The van der Waals surface area contributed by atoms with Crippen molar-refractivity contribution in [3.63, 3.8) is 0 Å². The van der Waals surface area contributed by atoms with Gasteiger partial charge in [0, 0.05) is 32.5 Å². The molecule has 0 amide bonds. The Labute approximate surface area is 165 Å². The van der Waals surface area contributed by atoms with E-state index < -0.39 is 6.10 Å². The van der Waals surface area contributed by atoms with Gasteiger partial charge in [0.05, 0.1) is 13.2 Å². The van der Waals surface area contributed by atoms with Crippen LogP contribution in [-0.2, 0) is 14.3 Å². The first-order chi connectivity index (χ1) is 12.6. The number of nitrogens with zero attached hydrogens (tertiary/aromatic N) is 1. The Kier molecular flexibility index (Phi) is 8.23. The van der Waals surface area contributed by atoms with E-state index in [-0.39, 0.29) is 30.1 Å². The number of hydrogen-bond donors (Lipinski definition) is 0. The van der Waals surface area contributed by atoms with Gasteiger partial charge in [-0.3, -0.25) is 9.69 Å². The summed E-state index contributed by atoms with van der Waals surface area (Å²) < 4.78 is 24.5. The topological polar surface area (TPSA) is 38.8 Å². The monoisotopic (exact) mass is 393 g/mol. The third kappa shape index (κ3) is 6.03. The summed E-state index contributed by atoms with van der Waals surface area (Å²) in [7, 11) is 0. The molecule has 1 saturated heterocycles. The van der Waals surface area contributed by atoms with Crippen molar-refractivity contribution in [3.05, 3.63) is 71.5 Å². The highest BCUT2D eigenvalue weighted by molar-refractivity contribution is 5.85. The lowest BCUT2D eigenvalue weighted by Gasteiger charge is -2.34. The third-order valence-corrected chi connectivity index (χ3v) is 4.64. The van der Waals surface area contributed by atoms with Crippen LogP contribution in [0.15, 0.2) is 54.6 Å². The van der Waals surface area contributed by atoms with E-state index in [0.717, 1.165) is 30.8 Å². The maximum atomic E-state index is 13.4. The molecule has 0 radical (unpaired) electrons. The first-order valence-electron chi connectivity index (χ1n) is 8.91. The van der Waals surface area contributed by atoms with Crippen molar-refractivity contribution in [2.75, 3.05) is 32.8 Å². The molecule has 1 heterocycles. The van der Waals surface area contributed by atoms with E-state index in [1.54, 1.807) is 12.1 Å². The molecule has 2 atom stereocenters. The van der Waals surface area contributed by atoms with E-state index in [0.29, 0.717) is 13.2 Å². The highest BCUT2D eigenvalue weighted by Gasteiger charge is 2.30. The number of benzene rings is 2. The van der Waals surface area contributed by atoms with Crippen LogP contribution < -0.4 is 0 Å². The van der Waals surface area contributed by atoms with Gasteiger partial charge in [0.1, 0.15) is 11.9 Å². The van der Waals surface area contributed by atoms with Crippen molar-refractivity contribution >= 4 is 18.4 Å². The smallest absolute Gasteiger partial charge is 0.303 e. The molecule has 0 spiro atoms. The van der Waals surface area contributed by atoms with E-state index >= 15 is 0 Å². The molecule has 0 saturated carbocycles. The van der Waals surface area contributed by atoms with Gasteiger partial charge in [-0.1, -0.05) is 42.5 Å². The van der Waals surface area contributed by atoms with Crippen LogP contribution in [0, 0.1) is 5.82 Å². The normalized spacial score (nSPS) is 16.8. The van der Waals surface area contributed by atoms with Crippen LogP contribution in [0.25, 0.3) is 0 Å². The lowest BCUT2D eigenvalue weighted by molar-refractivity contribution is -0.148. The molecular weight excluding hydrogens is 369 g/mol. The molecular formula is C21H25ClFNO3. The Morgan fingerprint density at radius 1 is 1.07 bits per heavy atom. The van der Waals surface area contributed by atoms with Gasteiger partial charge in [-0.2, -0.15) is 0 Å². The zero-order valence-electron chi connectivity index (χ0n) is 15.3. The summed E-state index contributed by atoms with van der Waals surface area (Å²) in [6.07, 6.45) is -0.474. The van der Waals surface area contributed by atoms with Crippen LogP contribution in [0.4, 0.5) is 4.39 Å². The van der Waals surface area contributed by atoms with Gasteiger partial charge in [-0.05, 0) is 23.3 Å². The molecule has 3 rings (SSSR count). The molecule has 1 aliphatic heterocycles. The predicted octanol–water partition coefficient (Wildman–Crippen LogP) is 3.97. The number of morpholine rings is 1. The number of carbonyl (C=O) groups is 1. The minimum absolute atomic E-state index is 0. The molecule has 2 aromatic carbocycles. The molecule has 27 heavy (non-hydrogen) atoms. The molecule has 1 fully saturated rings. The number of rotatable bonds is 6. The van der Waals surface area contributed by atoms with E-state index in [2.05, 4.69) is 4.90 Å². The fourth-order valence-electron chi connectivity index (χ4n) is 3.35. The summed E-state index contributed by atoms with van der Waals surface area (Å²) in [6, 6.07) is 16.2. The van der Waals surface area contributed by atoms with Crippen LogP contribution >= 0.6 is 12.4 Å². The second-order valence-corrected chi connectivity index (χ2v) is 6.51. The Bertz CT molecular complexity index is 705. The molecule has 1 aliphatic rings. The van der Waals surface area contributed by atoms with Gasteiger partial charge >= 0.3 is 5.97 Å². The standard InChI is InChI=1S/C21H24FNO3.ClH/c1-16(24)26-21(18-7-9-19(22)10-8-18)20(17-5-3-2-4-6-17)15-23-11-13-25-14-12-23;/h2-10,20-21H,11-15H2,1H3;1H. The average Bonchev–Trinajstić information content (AvgIpc) is 2.67. The van der Waals surface area contributed by atoms with Crippen molar-refractivity contribution in [3.8, 4) is 0 Å². The summed E-state index contributed by atoms with van der Waals surface area (Å²) in [6.45, 7) is 5.25. The summed E-state index contributed by atoms with van der Waals surface area (Å²) in [5.41, 5.74) is 1.89. The predicted molar refractivity (Wildman–Crippen MR) is 105 cm³/mol. The van der Waals surface area contributed by atoms with Crippen LogP contribution in [0.3, 0.4) is 0 Å². The first-order valence-corrected chi connectivity index (χ1v) is 8.91. The lowest BCUT2D eigenvalue weighted by atomic mass is 9.88. The second-order valence-electron chi connectivity index (χ2n) is 6.51. The zero-order valence-corrected chi connectivity index (χ0v) is 16.2. The molecule has 2 aromatic rings. The van der Waals surface area contributed by atoms with Gasteiger partial charge in [0.15, 0.2) is 0 Å². The van der Waals surface area contributed by atoms with Crippen LogP contribution in [0.1, 0.15) is 30.1 Å². The largest absolute Gasteiger partial charge is 0.457 e. The molecule has 6 heteroatoms. The Morgan fingerprint density at radius 2 is 1.70 bits per heavy atom. The van der Waals surface area contributed by atoms with Gasteiger partial charge in [-0.15, -0.1) is 12.4 Å². The quantitative estimate of drug-likeness (QED) is 0.696. The third-order valence-electron chi connectivity index (χ3n) is 4.64. The van der Waals surface area contributed by atoms with Gasteiger partial charge in [0.2, 0.25) is 0 Å². The highest BCUT2D eigenvalue weighted by Crippen LogP contribution is 2.35. The number of esters is 1. The van der Waals surface area contributed by atoms with Crippen molar-refractivity contribution in [2.24, 2.45) is 0 Å². The SMILES string of the molecule is CC(=O)OC(c1ccc(F)cc1)C(CN1CCOCC1)c1ccccc1.Cl. The molecule has 146 valence electrons. The van der Waals surface area contributed by atoms with Crippen LogP contribution in [-0.4, -0.2) is 43.7 Å². The lowest BCUT2D eigenvalue weighted by Crippen LogP contribution is -2.40. The molecule has 4 nitrogen and oxygen atoms in total. The summed E-state index contributed by atoms with van der Waals surface area (Å²) in [5, 5.41) is 0. The number of halogens is 2. The van der Waals surface area contributed by atoms with Crippen molar-refractivity contribution in [1.29, 1.82) is 0 Å². The Morgan fingerprint density at radius 3 is 2.30 bits per heavy atom. The second kappa shape index (κ2) is 10.4. The van der Waals surface area contributed by atoms with E-state index in [1.165, 1.54) is 19.1 Å². The van der Waals surface area contributed by atoms with Gasteiger partial charge < -0.3 is 9.47 Å². The summed E-state index contributed by atoms with van der Waals surface area (Å²) >= 11 is 0. The van der Waals surface area contributed by atoms with E-state index in [1.807, 2.05) is 30.3 Å². The number of carbonyl (C=O) groups excluding carboxylic acids is 1. The van der Waals surface area contributed by atoms with Gasteiger partial charge in [0.25, 0.3) is 0 Å². The fraction of sp³-hybridized carbons (Fsp3) is 0.381. The summed E-state index contributed by atoms with van der Waals surface area (Å²) in [5.74, 6) is -0.703. The van der Waals surface area contributed by atoms with Crippen molar-refractivity contribution < 1.29 is 18.7 Å². The molecule has 0 N–H and O–H groups in total. The highest BCUT2D eigenvalue weighted by atomic mass is 35.5. The average molecular weight is 394 g/mol. The fourth-order valence-corrected chi connectivity index (χ4v) is 3.35. The van der Waals surface area contributed by atoms with Crippen LogP contribution in [0.2, 0.25) is 0 Å². The minimum Gasteiger partial charge on any atom is -0.457 e.